The molecule has 116 valence electrons. The van der Waals surface area contributed by atoms with Gasteiger partial charge in [-0.3, -0.25) is 9.69 Å². The summed E-state index contributed by atoms with van der Waals surface area (Å²) in [6.07, 6.45) is 1.45. The second kappa shape index (κ2) is 6.80. The summed E-state index contributed by atoms with van der Waals surface area (Å²) in [6, 6.07) is 4.90. The van der Waals surface area contributed by atoms with Gasteiger partial charge in [0, 0.05) is 5.56 Å². The van der Waals surface area contributed by atoms with Crippen LogP contribution in [0.1, 0.15) is 12.5 Å². The number of carbonyl (C=O) groups is 2. The first-order valence-electron chi connectivity index (χ1n) is 6.34. The summed E-state index contributed by atoms with van der Waals surface area (Å²) < 4.78 is 5.41. The van der Waals surface area contributed by atoms with Crippen LogP contribution in [0.15, 0.2) is 23.1 Å². The zero-order valence-electron chi connectivity index (χ0n) is 11.6. The van der Waals surface area contributed by atoms with Crippen LogP contribution in [-0.4, -0.2) is 39.4 Å². The molecule has 0 radical (unpaired) electrons. The van der Waals surface area contributed by atoms with E-state index in [9.17, 15) is 19.8 Å². The van der Waals surface area contributed by atoms with Crippen molar-refractivity contribution in [1.82, 2.24) is 4.90 Å². The Morgan fingerprint density at radius 3 is 2.91 bits per heavy atom. The zero-order chi connectivity index (χ0) is 16.3. The van der Waals surface area contributed by atoms with Gasteiger partial charge in [-0.25, -0.2) is 0 Å². The van der Waals surface area contributed by atoms with Crippen molar-refractivity contribution in [2.45, 2.75) is 6.92 Å². The molecule has 1 aromatic rings. The third-order valence-corrected chi connectivity index (χ3v) is 4.16. The maximum Gasteiger partial charge on any atom is 0.266 e. The Hall–Kier alpha value is -2.06. The quantitative estimate of drug-likeness (QED) is 0.625. The van der Waals surface area contributed by atoms with Gasteiger partial charge in [-0.2, -0.15) is 0 Å². The fourth-order valence-corrected chi connectivity index (χ4v) is 3.08. The molecule has 22 heavy (non-hydrogen) atoms. The third-order valence-electron chi connectivity index (χ3n) is 2.78. The first kappa shape index (κ1) is 16.3. The number of carboxylic acid groups (broad SMARTS) is 1. The van der Waals surface area contributed by atoms with E-state index >= 15 is 0 Å². The molecule has 1 fully saturated rings. The summed E-state index contributed by atoms with van der Waals surface area (Å²) in [6.45, 7) is 1.59. The fourth-order valence-electron chi connectivity index (χ4n) is 1.83. The summed E-state index contributed by atoms with van der Waals surface area (Å²) >= 11 is 5.95. The van der Waals surface area contributed by atoms with Crippen molar-refractivity contribution in [3.05, 3.63) is 28.7 Å². The van der Waals surface area contributed by atoms with Crippen LogP contribution in [0, 0.1) is 0 Å². The molecule has 0 atom stereocenters. The number of benzene rings is 1. The minimum absolute atomic E-state index is 0.0884. The Bertz CT molecular complexity index is 671. The van der Waals surface area contributed by atoms with Gasteiger partial charge in [-0.1, -0.05) is 36.1 Å². The van der Waals surface area contributed by atoms with E-state index in [-0.39, 0.29) is 15.0 Å². The molecule has 1 saturated heterocycles. The molecule has 1 amide bonds. The molecule has 0 aromatic heterocycles. The van der Waals surface area contributed by atoms with Gasteiger partial charge in [0.15, 0.2) is 11.5 Å². The van der Waals surface area contributed by atoms with Gasteiger partial charge < -0.3 is 19.7 Å². The minimum atomic E-state index is -1.39. The summed E-state index contributed by atoms with van der Waals surface area (Å²) in [5.41, 5.74) is 0.389. The number of aromatic hydroxyl groups is 1. The highest BCUT2D eigenvalue weighted by Gasteiger charge is 2.32. The molecule has 0 aliphatic carbocycles. The molecular formula is C14H12NO5S2-. The number of aliphatic carboxylic acids is 1. The number of para-hydroxylation sites is 1. The van der Waals surface area contributed by atoms with Crippen molar-refractivity contribution in [2.75, 3.05) is 13.2 Å². The molecule has 1 N–H and O–H groups in total. The van der Waals surface area contributed by atoms with E-state index in [1.54, 1.807) is 25.1 Å². The number of carboxylic acids is 1. The summed E-state index contributed by atoms with van der Waals surface area (Å²) in [4.78, 5) is 23.9. The smallest absolute Gasteiger partial charge is 0.266 e. The average Bonchev–Trinajstić information content (AvgIpc) is 2.71. The lowest BCUT2D eigenvalue weighted by Crippen LogP contribution is -2.40. The van der Waals surface area contributed by atoms with E-state index in [1.807, 2.05) is 0 Å². The summed E-state index contributed by atoms with van der Waals surface area (Å²) in [7, 11) is 0. The lowest BCUT2D eigenvalue weighted by molar-refractivity contribution is -0.305. The van der Waals surface area contributed by atoms with E-state index in [1.165, 1.54) is 6.08 Å². The number of ether oxygens (including phenoxy) is 1. The Kier molecular flexibility index (Phi) is 5.04. The van der Waals surface area contributed by atoms with Crippen LogP contribution in [0.4, 0.5) is 0 Å². The van der Waals surface area contributed by atoms with E-state index in [0.717, 1.165) is 16.7 Å². The molecule has 0 unspecified atom stereocenters. The van der Waals surface area contributed by atoms with Crippen molar-refractivity contribution in [2.24, 2.45) is 0 Å². The number of thiocarbonyl (C=S) groups is 1. The number of thioether (sulfide) groups is 1. The number of nitrogens with zero attached hydrogens (tertiary/aromatic N) is 1. The topological polar surface area (TPSA) is 89.9 Å². The molecular weight excluding hydrogens is 326 g/mol. The highest BCUT2D eigenvalue weighted by atomic mass is 32.2. The monoisotopic (exact) mass is 338 g/mol. The maximum atomic E-state index is 12.1. The second-order valence-electron chi connectivity index (χ2n) is 4.27. The van der Waals surface area contributed by atoms with Crippen LogP contribution >= 0.6 is 24.0 Å². The highest BCUT2D eigenvalue weighted by molar-refractivity contribution is 8.26. The van der Waals surface area contributed by atoms with Gasteiger partial charge in [0.05, 0.1) is 24.0 Å². The second-order valence-corrected chi connectivity index (χ2v) is 5.94. The van der Waals surface area contributed by atoms with Crippen molar-refractivity contribution >= 4 is 46.3 Å². The zero-order valence-corrected chi connectivity index (χ0v) is 13.2. The Balaban J connectivity index is 2.31. The molecule has 1 aromatic carbocycles. The van der Waals surface area contributed by atoms with Gasteiger partial charge in [-0.05, 0) is 19.1 Å². The SMILES string of the molecule is CCOc1cccc(/C=C2\SC(=S)N(CC(=O)[O-])C2=O)c1O. The number of hydrogen-bond acceptors (Lipinski definition) is 7. The number of phenols is 1. The van der Waals surface area contributed by atoms with Crippen molar-refractivity contribution in [3.63, 3.8) is 0 Å². The molecule has 8 heteroatoms. The molecule has 0 spiro atoms. The van der Waals surface area contributed by atoms with Crippen LogP contribution in [0.25, 0.3) is 6.08 Å². The van der Waals surface area contributed by atoms with Crippen molar-refractivity contribution < 1.29 is 24.5 Å². The van der Waals surface area contributed by atoms with Crippen LogP contribution in [0.2, 0.25) is 0 Å². The molecule has 6 nitrogen and oxygen atoms in total. The van der Waals surface area contributed by atoms with E-state index < -0.39 is 18.4 Å². The number of carbonyl (C=O) groups excluding carboxylic acids is 2. The molecule has 2 rings (SSSR count). The molecule has 1 aliphatic heterocycles. The lowest BCUT2D eigenvalue weighted by Gasteiger charge is -2.14. The van der Waals surface area contributed by atoms with E-state index in [0.29, 0.717) is 17.9 Å². The molecule has 1 aliphatic rings. The molecule has 1 heterocycles. The number of phenolic OH excluding ortho intramolecular Hbond substituents is 1. The first-order valence-corrected chi connectivity index (χ1v) is 7.56. The van der Waals surface area contributed by atoms with Crippen molar-refractivity contribution in [3.8, 4) is 11.5 Å². The number of hydrogen-bond donors (Lipinski definition) is 1. The largest absolute Gasteiger partial charge is 0.548 e. The molecule has 0 bridgehead atoms. The van der Waals surface area contributed by atoms with Crippen LogP contribution in [0.3, 0.4) is 0 Å². The Morgan fingerprint density at radius 1 is 1.55 bits per heavy atom. The predicted molar refractivity (Wildman–Crippen MR) is 84.2 cm³/mol. The Labute approximate surface area is 136 Å². The van der Waals surface area contributed by atoms with Crippen LogP contribution in [-0.2, 0) is 9.59 Å². The van der Waals surface area contributed by atoms with Crippen molar-refractivity contribution in [1.29, 1.82) is 0 Å². The predicted octanol–water partition coefficient (Wildman–Crippen LogP) is 0.742. The molecule has 0 saturated carbocycles. The van der Waals surface area contributed by atoms with Gasteiger partial charge in [-0.15, -0.1) is 0 Å². The lowest BCUT2D eigenvalue weighted by atomic mass is 10.1. The normalized spacial score (nSPS) is 16.4. The van der Waals surface area contributed by atoms with Gasteiger partial charge >= 0.3 is 0 Å². The summed E-state index contributed by atoms with van der Waals surface area (Å²) in [5, 5.41) is 20.7. The van der Waals surface area contributed by atoms with E-state index in [2.05, 4.69) is 0 Å². The van der Waals surface area contributed by atoms with Crippen LogP contribution < -0.4 is 9.84 Å². The number of amides is 1. The average molecular weight is 338 g/mol. The number of rotatable bonds is 5. The minimum Gasteiger partial charge on any atom is -0.548 e. The summed E-state index contributed by atoms with van der Waals surface area (Å²) in [5.74, 6) is -1.70. The van der Waals surface area contributed by atoms with Gasteiger partial charge in [0.2, 0.25) is 0 Å². The van der Waals surface area contributed by atoms with Crippen LogP contribution in [0.5, 0.6) is 11.5 Å². The Morgan fingerprint density at radius 2 is 2.27 bits per heavy atom. The fraction of sp³-hybridized carbons (Fsp3) is 0.214. The first-order chi connectivity index (χ1) is 10.4. The standard InChI is InChI=1S/C14H13NO5S2/c1-2-20-9-5-3-4-8(12(9)18)6-10-13(19)15(7-11(16)17)14(21)22-10/h3-6,18H,2,7H2,1H3,(H,16,17)/p-1/b10-6-. The van der Waals surface area contributed by atoms with Gasteiger partial charge in [0.25, 0.3) is 5.91 Å². The maximum absolute atomic E-state index is 12.1. The third kappa shape index (κ3) is 3.40. The highest BCUT2D eigenvalue weighted by Crippen LogP contribution is 2.36. The van der Waals surface area contributed by atoms with E-state index in [4.69, 9.17) is 17.0 Å². The van der Waals surface area contributed by atoms with Gasteiger partial charge in [0.1, 0.15) is 4.32 Å².